The van der Waals surface area contributed by atoms with Gasteiger partial charge in [0.15, 0.2) is 5.69 Å². The lowest BCUT2D eigenvalue weighted by Gasteiger charge is -2.10. The van der Waals surface area contributed by atoms with Gasteiger partial charge >= 0.3 is 5.97 Å². The molecule has 0 saturated heterocycles. The van der Waals surface area contributed by atoms with Crippen LogP contribution in [0.3, 0.4) is 0 Å². The maximum atomic E-state index is 11.7. The molecule has 19 heavy (non-hydrogen) atoms. The number of carboxylic acids is 1. The highest BCUT2D eigenvalue weighted by Gasteiger charge is 2.12. The highest BCUT2D eigenvalue weighted by molar-refractivity contribution is 5.91. The van der Waals surface area contributed by atoms with Crippen LogP contribution in [0.1, 0.15) is 30.3 Å². The molecule has 1 amide bonds. The second-order valence-electron chi connectivity index (χ2n) is 4.40. The van der Waals surface area contributed by atoms with Crippen molar-refractivity contribution in [2.24, 2.45) is 11.7 Å². The summed E-state index contributed by atoms with van der Waals surface area (Å²) in [6.45, 7) is 3.23. The van der Waals surface area contributed by atoms with Gasteiger partial charge in [0.25, 0.3) is 5.91 Å². The molecule has 1 aromatic rings. The lowest BCUT2D eigenvalue weighted by molar-refractivity contribution is -0.137. The molecular formula is C11H19N5O3. The van der Waals surface area contributed by atoms with Gasteiger partial charge in [-0.05, 0) is 12.3 Å². The van der Waals surface area contributed by atoms with Gasteiger partial charge in [-0.15, -0.1) is 5.10 Å². The van der Waals surface area contributed by atoms with E-state index in [0.717, 1.165) is 0 Å². The molecule has 1 atom stereocenters. The van der Waals surface area contributed by atoms with Gasteiger partial charge in [0.1, 0.15) is 0 Å². The Morgan fingerprint density at radius 1 is 1.58 bits per heavy atom. The molecule has 1 rings (SSSR count). The Kier molecular flexibility index (Phi) is 5.94. The first kappa shape index (κ1) is 15.1. The van der Waals surface area contributed by atoms with Gasteiger partial charge < -0.3 is 16.2 Å². The van der Waals surface area contributed by atoms with Gasteiger partial charge in [-0.3, -0.25) is 14.3 Å². The molecule has 0 aliphatic heterocycles. The lowest BCUT2D eigenvalue weighted by Crippen LogP contribution is -2.28. The number of aromatic nitrogens is 3. The number of carbonyl (C=O) groups excluding carboxylic acids is 1. The normalized spacial score (nSPS) is 12.1. The lowest BCUT2D eigenvalue weighted by atomic mass is 10.1. The molecular weight excluding hydrogens is 250 g/mol. The minimum atomic E-state index is -0.831. The minimum Gasteiger partial charge on any atom is -0.481 e. The van der Waals surface area contributed by atoms with E-state index in [-0.39, 0.29) is 23.9 Å². The van der Waals surface area contributed by atoms with Crippen molar-refractivity contribution in [3.8, 4) is 0 Å². The first-order valence-corrected chi connectivity index (χ1v) is 6.13. The number of carboxylic acid groups (broad SMARTS) is 1. The summed E-state index contributed by atoms with van der Waals surface area (Å²) in [6, 6.07) is 0. The van der Waals surface area contributed by atoms with E-state index in [1.807, 2.05) is 6.92 Å². The van der Waals surface area contributed by atoms with E-state index in [9.17, 15) is 9.59 Å². The van der Waals surface area contributed by atoms with Crippen LogP contribution in [-0.4, -0.2) is 45.1 Å². The number of nitrogens with zero attached hydrogens (tertiary/aromatic N) is 3. The SMILES string of the molecule is CC(CCC(=O)O)CNC(=O)c1cn(CCN)nn1. The van der Waals surface area contributed by atoms with Crippen LogP contribution >= 0.6 is 0 Å². The third kappa shape index (κ3) is 5.47. The summed E-state index contributed by atoms with van der Waals surface area (Å²) in [5, 5.41) is 18.8. The summed E-state index contributed by atoms with van der Waals surface area (Å²) in [7, 11) is 0. The highest BCUT2D eigenvalue weighted by Crippen LogP contribution is 2.04. The smallest absolute Gasteiger partial charge is 0.303 e. The molecule has 0 fully saturated rings. The molecule has 0 aliphatic carbocycles. The second kappa shape index (κ2) is 7.47. The Bertz CT molecular complexity index is 432. The van der Waals surface area contributed by atoms with Gasteiger partial charge in [-0.25, -0.2) is 0 Å². The Labute approximate surface area is 111 Å². The minimum absolute atomic E-state index is 0.0964. The monoisotopic (exact) mass is 269 g/mol. The van der Waals surface area contributed by atoms with Crippen LogP contribution in [0.2, 0.25) is 0 Å². The number of carbonyl (C=O) groups is 2. The zero-order chi connectivity index (χ0) is 14.3. The average molecular weight is 269 g/mol. The van der Waals surface area contributed by atoms with Gasteiger partial charge in [0, 0.05) is 19.5 Å². The quantitative estimate of drug-likeness (QED) is 0.583. The fourth-order valence-electron chi connectivity index (χ4n) is 1.47. The summed E-state index contributed by atoms with van der Waals surface area (Å²) in [6.07, 6.45) is 2.16. The predicted octanol–water partition coefficient (Wildman–Crippen LogP) is -0.532. The fraction of sp³-hybridized carbons (Fsp3) is 0.636. The largest absolute Gasteiger partial charge is 0.481 e. The van der Waals surface area contributed by atoms with Crippen LogP contribution in [0.5, 0.6) is 0 Å². The van der Waals surface area contributed by atoms with Crippen LogP contribution in [-0.2, 0) is 11.3 Å². The van der Waals surface area contributed by atoms with E-state index in [1.54, 1.807) is 0 Å². The Balaban J connectivity index is 2.35. The third-order valence-electron chi connectivity index (χ3n) is 2.59. The van der Waals surface area contributed by atoms with Crippen molar-refractivity contribution in [3.05, 3.63) is 11.9 Å². The van der Waals surface area contributed by atoms with Crippen molar-refractivity contribution in [3.63, 3.8) is 0 Å². The maximum Gasteiger partial charge on any atom is 0.303 e. The number of nitrogens with one attached hydrogen (secondary N) is 1. The molecule has 0 saturated carbocycles. The third-order valence-corrected chi connectivity index (χ3v) is 2.59. The van der Waals surface area contributed by atoms with Gasteiger partial charge in [0.2, 0.25) is 0 Å². The first-order valence-electron chi connectivity index (χ1n) is 6.13. The van der Waals surface area contributed by atoms with E-state index in [0.29, 0.717) is 26.1 Å². The van der Waals surface area contributed by atoms with E-state index >= 15 is 0 Å². The molecule has 0 radical (unpaired) electrons. The van der Waals surface area contributed by atoms with Crippen molar-refractivity contribution in [1.82, 2.24) is 20.3 Å². The number of nitrogens with two attached hydrogens (primary N) is 1. The molecule has 0 aliphatic rings. The summed E-state index contributed by atoms with van der Waals surface area (Å²) >= 11 is 0. The van der Waals surface area contributed by atoms with E-state index in [4.69, 9.17) is 10.8 Å². The number of amides is 1. The topological polar surface area (TPSA) is 123 Å². The van der Waals surface area contributed by atoms with Crippen molar-refractivity contribution < 1.29 is 14.7 Å². The first-order chi connectivity index (χ1) is 9.02. The maximum absolute atomic E-state index is 11.7. The van der Waals surface area contributed by atoms with Crippen molar-refractivity contribution >= 4 is 11.9 Å². The molecule has 1 unspecified atom stereocenters. The molecule has 8 nitrogen and oxygen atoms in total. The number of aliphatic carboxylic acids is 1. The van der Waals surface area contributed by atoms with E-state index < -0.39 is 5.97 Å². The zero-order valence-electron chi connectivity index (χ0n) is 10.9. The van der Waals surface area contributed by atoms with Crippen LogP contribution < -0.4 is 11.1 Å². The number of hydrogen-bond acceptors (Lipinski definition) is 5. The standard InChI is InChI=1S/C11H19N5O3/c1-8(2-3-10(17)18)6-13-11(19)9-7-16(5-4-12)15-14-9/h7-8H,2-6,12H2,1H3,(H,13,19)(H,17,18). The van der Waals surface area contributed by atoms with Crippen LogP contribution in [0, 0.1) is 5.92 Å². The predicted molar refractivity (Wildman–Crippen MR) is 67.4 cm³/mol. The fourth-order valence-corrected chi connectivity index (χ4v) is 1.47. The summed E-state index contributed by atoms with van der Waals surface area (Å²) in [5.74, 6) is -1.05. The molecule has 1 heterocycles. The van der Waals surface area contributed by atoms with Gasteiger partial charge in [-0.2, -0.15) is 0 Å². The summed E-state index contributed by atoms with van der Waals surface area (Å²) in [4.78, 5) is 22.1. The van der Waals surface area contributed by atoms with Gasteiger partial charge in [-0.1, -0.05) is 12.1 Å². The van der Waals surface area contributed by atoms with Crippen LogP contribution in [0.25, 0.3) is 0 Å². The van der Waals surface area contributed by atoms with Crippen molar-refractivity contribution in [2.45, 2.75) is 26.3 Å². The molecule has 0 aromatic carbocycles. The Hall–Kier alpha value is -1.96. The molecule has 0 bridgehead atoms. The molecule has 0 spiro atoms. The summed E-state index contributed by atoms with van der Waals surface area (Å²) in [5.41, 5.74) is 5.60. The van der Waals surface area contributed by atoms with E-state index in [1.165, 1.54) is 10.9 Å². The second-order valence-corrected chi connectivity index (χ2v) is 4.40. The van der Waals surface area contributed by atoms with Crippen LogP contribution in [0.4, 0.5) is 0 Å². The number of rotatable bonds is 8. The van der Waals surface area contributed by atoms with Crippen molar-refractivity contribution in [1.29, 1.82) is 0 Å². The zero-order valence-corrected chi connectivity index (χ0v) is 10.9. The number of hydrogen-bond donors (Lipinski definition) is 3. The Morgan fingerprint density at radius 2 is 2.32 bits per heavy atom. The van der Waals surface area contributed by atoms with Crippen molar-refractivity contribution in [2.75, 3.05) is 13.1 Å². The van der Waals surface area contributed by atoms with E-state index in [2.05, 4.69) is 15.6 Å². The molecule has 106 valence electrons. The molecule has 1 aromatic heterocycles. The average Bonchev–Trinajstić information content (AvgIpc) is 2.82. The summed E-state index contributed by atoms with van der Waals surface area (Å²) < 4.78 is 1.50. The molecule has 8 heteroatoms. The van der Waals surface area contributed by atoms with Crippen LogP contribution in [0.15, 0.2) is 6.20 Å². The molecule has 4 N–H and O–H groups in total. The van der Waals surface area contributed by atoms with Gasteiger partial charge in [0.05, 0.1) is 12.7 Å². The Morgan fingerprint density at radius 3 is 2.95 bits per heavy atom. The highest BCUT2D eigenvalue weighted by atomic mass is 16.4.